The van der Waals surface area contributed by atoms with Gasteiger partial charge in [-0.05, 0) is 89.9 Å². The maximum Gasteiger partial charge on any atom is 0.281 e. The van der Waals surface area contributed by atoms with Crippen molar-refractivity contribution in [2.45, 2.75) is 64.7 Å². The van der Waals surface area contributed by atoms with Crippen molar-refractivity contribution in [2.24, 2.45) is 0 Å². The van der Waals surface area contributed by atoms with Gasteiger partial charge in [-0.3, -0.25) is 4.79 Å². The van der Waals surface area contributed by atoms with Crippen molar-refractivity contribution in [2.75, 3.05) is 5.73 Å². The number of hydrogen-bond donors (Lipinski definition) is 2. The molecule has 0 bridgehead atoms. The normalized spacial score (nSPS) is 16.1. The Labute approximate surface area is 226 Å². The zero-order chi connectivity index (χ0) is 28.0. The molecular weight excluding hydrogens is 504 g/mol. The first-order valence-electron chi connectivity index (χ1n) is 12.1. The number of carbonyl (C=O) groups excluding carboxylic acids is 1. The van der Waals surface area contributed by atoms with Gasteiger partial charge in [0.25, 0.3) is 15.9 Å². The van der Waals surface area contributed by atoms with Crippen LogP contribution in [0, 0.1) is 20.8 Å². The van der Waals surface area contributed by atoms with Crippen molar-refractivity contribution in [3.63, 3.8) is 0 Å². The summed E-state index contributed by atoms with van der Waals surface area (Å²) in [6, 6.07) is 11.2. The van der Waals surface area contributed by atoms with E-state index in [2.05, 4.69) is 9.71 Å². The molecule has 1 aromatic carbocycles. The van der Waals surface area contributed by atoms with Crippen LogP contribution < -0.4 is 15.2 Å². The molecule has 9 nitrogen and oxygen atoms in total. The van der Waals surface area contributed by atoms with Crippen molar-refractivity contribution in [1.29, 1.82) is 0 Å². The highest BCUT2D eigenvalue weighted by atomic mass is 32.2. The minimum absolute atomic E-state index is 0. The van der Waals surface area contributed by atoms with Gasteiger partial charge in [-0.15, -0.1) is 0 Å². The quantitative estimate of drug-likeness (QED) is 0.427. The number of nitrogens with one attached hydrogen (secondary N) is 1. The van der Waals surface area contributed by atoms with E-state index in [9.17, 15) is 13.2 Å². The van der Waals surface area contributed by atoms with E-state index in [0.717, 1.165) is 22.3 Å². The highest BCUT2D eigenvalue weighted by Crippen LogP contribution is 2.42. The highest BCUT2D eigenvalue weighted by Gasteiger charge is 2.40. The van der Waals surface area contributed by atoms with Gasteiger partial charge in [-0.2, -0.15) is 8.42 Å². The Hall–Kier alpha value is -3.76. The van der Waals surface area contributed by atoms with E-state index in [4.69, 9.17) is 20.2 Å². The van der Waals surface area contributed by atoms with E-state index >= 15 is 0 Å². The molecule has 2 aromatic heterocycles. The Morgan fingerprint density at radius 3 is 2.26 bits per heavy atom. The molecule has 3 N–H and O–H groups in total. The average Bonchev–Trinajstić information content (AvgIpc) is 3.02. The number of aromatic nitrogens is 2. The third kappa shape index (κ3) is 5.56. The van der Waals surface area contributed by atoms with Crippen molar-refractivity contribution in [3.8, 4) is 11.6 Å². The predicted octanol–water partition coefficient (Wildman–Crippen LogP) is 5.36. The van der Waals surface area contributed by atoms with Crippen LogP contribution in [0.3, 0.4) is 0 Å². The summed E-state index contributed by atoms with van der Waals surface area (Å²) < 4.78 is 40.2. The van der Waals surface area contributed by atoms with E-state index in [1.807, 2.05) is 66.7 Å². The maximum absolute atomic E-state index is 13.3. The number of carbonyl (C=O) groups is 1. The van der Waals surface area contributed by atoms with Gasteiger partial charge in [0.05, 0.1) is 16.9 Å². The number of aryl methyl sites for hydroxylation is 3. The number of nitrogens with zero attached hydrogens (tertiary/aromatic N) is 2. The largest absolute Gasteiger partial charge is 0.438 e. The third-order valence-electron chi connectivity index (χ3n) is 6.09. The Morgan fingerprint density at radius 1 is 1.03 bits per heavy atom. The molecule has 0 radical (unpaired) electrons. The lowest BCUT2D eigenvalue weighted by molar-refractivity contribution is -0.0444. The van der Waals surface area contributed by atoms with Crippen LogP contribution in [0.5, 0.6) is 11.6 Å². The van der Waals surface area contributed by atoms with Crippen LogP contribution in [0.4, 0.5) is 5.82 Å². The van der Waals surface area contributed by atoms with E-state index in [1.165, 1.54) is 24.3 Å². The number of benzene rings is 1. The first-order chi connectivity index (χ1) is 17.6. The summed E-state index contributed by atoms with van der Waals surface area (Å²) in [5, 5.41) is -0.375. The molecule has 0 saturated heterocycles. The van der Waals surface area contributed by atoms with E-state index in [0.29, 0.717) is 11.4 Å². The van der Waals surface area contributed by atoms with Crippen LogP contribution in [0.2, 0.25) is 0 Å². The van der Waals surface area contributed by atoms with E-state index in [1.54, 1.807) is 6.07 Å². The summed E-state index contributed by atoms with van der Waals surface area (Å²) in [5.74, 6) is -0.404. The number of anilines is 1. The fourth-order valence-corrected chi connectivity index (χ4v) is 5.66. The van der Waals surface area contributed by atoms with Crippen LogP contribution >= 0.6 is 0 Å². The van der Waals surface area contributed by atoms with Crippen molar-refractivity contribution < 1.29 is 25.5 Å². The highest BCUT2D eigenvalue weighted by molar-refractivity contribution is 7.90. The Morgan fingerprint density at radius 2 is 1.68 bits per heavy atom. The van der Waals surface area contributed by atoms with E-state index in [-0.39, 0.29) is 25.1 Å². The Bertz CT molecular complexity index is 1560. The van der Waals surface area contributed by atoms with Crippen LogP contribution in [0.25, 0.3) is 5.57 Å². The minimum atomic E-state index is -4.31. The zero-order valence-electron chi connectivity index (χ0n) is 22.5. The number of nitrogen functional groups attached to an aromatic ring is 1. The molecule has 3 heterocycles. The molecule has 4 rings (SSSR count). The summed E-state index contributed by atoms with van der Waals surface area (Å²) >= 11 is 0. The zero-order valence-corrected chi connectivity index (χ0v) is 23.4. The molecule has 38 heavy (non-hydrogen) atoms. The van der Waals surface area contributed by atoms with Gasteiger partial charge < -0.3 is 15.2 Å². The summed E-state index contributed by atoms with van der Waals surface area (Å²) in [5.41, 5.74) is 8.55. The number of hydrogen-bond acceptors (Lipinski definition) is 8. The van der Waals surface area contributed by atoms with Crippen LogP contribution in [0.1, 0.15) is 63.3 Å². The molecule has 3 aromatic rings. The molecular formula is C28H36N4O5S. The smallest absolute Gasteiger partial charge is 0.281 e. The third-order valence-corrected chi connectivity index (χ3v) is 7.32. The van der Waals surface area contributed by atoms with Gasteiger partial charge in [0.15, 0.2) is 5.03 Å². The lowest BCUT2D eigenvalue weighted by Crippen LogP contribution is -2.32. The summed E-state index contributed by atoms with van der Waals surface area (Å²) in [6.07, 6.45) is 1.98. The predicted molar refractivity (Wildman–Crippen MR) is 150 cm³/mol. The number of nitrogens with two attached hydrogens (primary N) is 1. The second-order valence-electron chi connectivity index (χ2n) is 10.5. The van der Waals surface area contributed by atoms with E-state index < -0.39 is 27.1 Å². The molecule has 1 aliphatic rings. The average molecular weight is 541 g/mol. The standard InChI is InChI=1S/C28H32N4O5S.2H2/c1-16-13-17(2)24(18(3)14-16)36-26-19(25(33)32-38(34,35)23-10-8-9-22(29)31-23)11-12-21(30-26)20-15-27(4,5)37-28(20,6)7;;/h8-15H,1-7H3,(H2,29,31)(H,32,33);2*1H. The number of sulfonamides is 1. The van der Waals surface area contributed by atoms with Crippen LogP contribution in [0.15, 0.2) is 53.6 Å². The monoisotopic (exact) mass is 540 g/mol. The van der Waals surface area contributed by atoms with Gasteiger partial charge in [-0.1, -0.05) is 23.8 Å². The van der Waals surface area contributed by atoms with Crippen LogP contribution in [-0.2, 0) is 14.8 Å². The second kappa shape index (κ2) is 9.52. The lowest BCUT2D eigenvalue weighted by atomic mass is 9.94. The fourth-order valence-electron chi connectivity index (χ4n) is 4.72. The number of amides is 1. The number of rotatable bonds is 6. The number of ether oxygens (including phenoxy) is 2. The molecule has 1 amide bonds. The summed E-state index contributed by atoms with van der Waals surface area (Å²) in [6.45, 7) is 13.6. The van der Waals surface area contributed by atoms with Crippen molar-refractivity contribution >= 4 is 27.3 Å². The second-order valence-corrected chi connectivity index (χ2v) is 12.1. The van der Waals surface area contributed by atoms with Gasteiger partial charge >= 0.3 is 0 Å². The topological polar surface area (TPSA) is 134 Å². The van der Waals surface area contributed by atoms with Gasteiger partial charge in [0, 0.05) is 8.43 Å². The number of pyridine rings is 2. The summed E-state index contributed by atoms with van der Waals surface area (Å²) in [4.78, 5) is 21.8. The Kier molecular flexibility index (Phi) is 6.83. The van der Waals surface area contributed by atoms with Gasteiger partial charge in [0.1, 0.15) is 17.1 Å². The minimum Gasteiger partial charge on any atom is -0.438 e. The molecule has 0 saturated carbocycles. The van der Waals surface area contributed by atoms with Gasteiger partial charge in [-0.25, -0.2) is 14.7 Å². The SMILES string of the molecule is Cc1cc(C)c(Oc2nc(C3=CC(C)(C)OC3(C)C)ccc2C(=O)NS(=O)(=O)c2cccc(N)n2)c(C)c1.[HH].[HH]. The van der Waals surface area contributed by atoms with Crippen molar-refractivity contribution in [1.82, 2.24) is 14.7 Å². The van der Waals surface area contributed by atoms with Crippen LogP contribution in [-0.4, -0.2) is 35.5 Å². The molecule has 10 heteroatoms. The first-order valence-corrected chi connectivity index (χ1v) is 13.6. The first kappa shape index (κ1) is 27.3. The lowest BCUT2D eigenvalue weighted by Gasteiger charge is -2.27. The molecule has 204 valence electrons. The molecule has 1 aliphatic heterocycles. The maximum atomic E-state index is 13.3. The fraction of sp³-hybridized carbons (Fsp3) is 0.321. The molecule has 0 spiro atoms. The molecule has 0 unspecified atom stereocenters. The Balaban J connectivity index is 0.00000280. The van der Waals surface area contributed by atoms with Gasteiger partial charge in [0.2, 0.25) is 5.88 Å². The molecule has 0 fully saturated rings. The molecule has 0 aliphatic carbocycles. The van der Waals surface area contributed by atoms with Crippen molar-refractivity contribution in [3.05, 3.63) is 76.5 Å². The molecule has 0 atom stereocenters. The summed E-state index contributed by atoms with van der Waals surface area (Å²) in [7, 11) is -4.31.